The minimum Gasteiger partial charge on any atom is -0.388 e. The predicted molar refractivity (Wildman–Crippen MR) is 113 cm³/mol. The molecule has 158 valence electrons. The van der Waals surface area contributed by atoms with E-state index in [0.29, 0.717) is 13.2 Å². The van der Waals surface area contributed by atoms with E-state index in [0.717, 1.165) is 38.4 Å². The van der Waals surface area contributed by atoms with Gasteiger partial charge in [-0.05, 0) is 18.8 Å². The molecule has 26 heavy (non-hydrogen) atoms. The molecule has 1 atom stereocenters. The second-order valence-electron chi connectivity index (χ2n) is 8.23. The van der Waals surface area contributed by atoms with Gasteiger partial charge in [-0.25, -0.2) is 0 Å². The van der Waals surface area contributed by atoms with E-state index in [2.05, 4.69) is 20.8 Å². The third kappa shape index (κ3) is 21.9. The second-order valence-corrected chi connectivity index (χ2v) is 8.23. The molecule has 0 saturated carbocycles. The molecule has 1 N–H and O–H groups in total. The number of unbranched alkanes of at least 4 members (excludes halogenated alkanes) is 11. The number of ether oxygens (including phenoxy) is 2. The Kier molecular flexibility index (Phi) is 21.1. The van der Waals surface area contributed by atoms with Gasteiger partial charge in [-0.2, -0.15) is 0 Å². The minimum atomic E-state index is -0.475. The topological polar surface area (TPSA) is 38.7 Å². The summed E-state index contributed by atoms with van der Waals surface area (Å²) in [5.74, 6) is 0.870. The average molecular weight is 373 g/mol. The van der Waals surface area contributed by atoms with Crippen molar-refractivity contribution in [3.8, 4) is 0 Å². The van der Waals surface area contributed by atoms with Crippen LogP contribution in [0, 0.1) is 5.92 Å². The van der Waals surface area contributed by atoms with Gasteiger partial charge < -0.3 is 14.6 Å². The van der Waals surface area contributed by atoms with Gasteiger partial charge in [-0.1, -0.05) is 97.8 Å². The van der Waals surface area contributed by atoms with Crippen molar-refractivity contribution in [2.75, 3.05) is 26.4 Å². The summed E-state index contributed by atoms with van der Waals surface area (Å²) in [6.07, 6.45) is 18.1. The van der Waals surface area contributed by atoms with Crippen molar-refractivity contribution in [3.05, 3.63) is 0 Å². The van der Waals surface area contributed by atoms with Gasteiger partial charge in [-0.15, -0.1) is 0 Å². The third-order valence-corrected chi connectivity index (χ3v) is 4.83. The smallest absolute Gasteiger partial charge is 0.101 e. The average Bonchev–Trinajstić information content (AvgIpc) is 2.61. The molecule has 0 spiro atoms. The number of aliphatic hydroxyl groups excluding tert-OH is 1. The number of aliphatic hydroxyl groups is 1. The molecule has 0 aromatic carbocycles. The normalized spacial score (nSPS) is 12.8. The molecule has 1 unspecified atom stereocenters. The second kappa shape index (κ2) is 21.2. The van der Waals surface area contributed by atoms with Gasteiger partial charge in [0.05, 0.1) is 13.2 Å². The molecule has 0 aliphatic rings. The van der Waals surface area contributed by atoms with E-state index in [-0.39, 0.29) is 0 Å². The van der Waals surface area contributed by atoms with Crippen molar-refractivity contribution in [3.63, 3.8) is 0 Å². The van der Waals surface area contributed by atoms with Crippen LogP contribution in [0.15, 0.2) is 0 Å². The largest absolute Gasteiger partial charge is 0.388 e. The Morgan fingerprint density at radius 2 is 1.04 bits per heavy atom. The quantitative estimate of drug-likeness (QED) is 0.233. The zero-order chi connectivity index (χ0) is 19.3. The fourth-order valence-corrected chi connectivity index (χ4v) is 3.08. The lowest BCUT2D eigenvalue weighted by molar-refractivity contribution is -0.0199. The van der Waals surface area contributed by atoms with Crippen LogP contribution in [0.4, 0.5) is 0 Å². The number of hydrogen-bond donors (Lipinski definition) is 1. The van der Waals surface area contributed by atoms with Gasteiger partial charge in [0.2, 0.25) is 0 Å². The van der Waals surface area contributed by atoms with Gasteiger partial charge >= 0.3 is 0 Å². The predicted octanol–water partition coefficient (Wildman–Crippen LogP) is 6.52. The first kappa shape index (κ1) is 25.9. The summed E-state index contributed by atoms with van der Waals surface area (Å²) in [4.78, 5) is 0. The highest BCUT2D eigenvalue weighted by Gasteiger charge is 2.04. The summed E-state index contributed by atoms with van der Waals surface area (Å²) in [6, 6.07) is 0. The van der Waals surface area contributed by atoms with E-state index >= 15 is 0 Å². The Balaban J connectivity index is 3.08. The first-order valence-electron chi connectivity index (χ1n) is 11.5. The molecule has 0 aromatic heterocycles. The summed E-state index contributed by atoms with van der Waals surface area (Å²) in [5, 5.41) is 9.71. The van der Waals surface area contributed by atoms with Crippen LogP contribution in [0.5, 0.6) is 0 Å². The molecule has 3 nitrogen and oxygen atoms in total. The molecule has 0 heterocycles. The number of rotatable bonds is 21. The Morgan fingerprint density at radius 1 is 0.615 bits per heavy atom. The molecular weight excluding hydrogens is 324 g/mol. The first-order chi connectivity index (χ1) is 12.7. The number of hydrogen-bond acceptors (Lipinski definition) is 3. The van der Waals surface area contributed by atoms with E-state index in [4.69, 9.17) is 9.47 Å². The van der Waals surface area contributed by atoms with Crippen molar-refractivity contribution in [1.29, 1.82) is 0 Å². The first-order valence-corrected chi connectivity index (χ1v) is 11.5. The Morgan fingerprint density at radius 3 is 1.50 bits per heavy atom. The maximum Gasteiger partial charge on any atom is 0.101 e. The highest BCUT2D eigenvalue weighted by molar-refractivity contribution is 4.53. The minimum absolute atomic E-state index is 0.401. The molecule has 0 aliphatic heterocycles. The van der Waals surface area contributed by atoms with Gasteiger partial charge in [-0.3, -0.25) is 0 Å². The Hall–Kier alpha value is -0.120. The van der Waals surface area contributed by atoms with Crippen LogP contribution in [-0.4, -0.2) is 37.6 Å². The van der Waals surface area contributed by atoms with Crippen LogP contribution in [0.3, 0.4) is 0 Å². The third-order valence-electron chi connectivity index (χ3n) is 4.83. The van der Waals surface area contributed by atoms with Crippen molar-refractivity contribution in [1.82, 2.24) is 0 Å². The van der Waals surface area contributed by atoms with Gasteiger partial charge in [0, 0.05) is 13.2 Å². The van der Waals surface area contributed by atoms with E-state index in [1.54, 1.807) is 0 Å². The molecule has 0 bridgehead atoms. The summed E-state index contributed by atoms with van der Waals surface area (Å²) in [6.45, 7) is 9.09. The SMILES string of the molecule is CCCCOCC(O)COCCCCCCCCCCCCCC(C)C. The fraction of sp³-hybridized carbons (Fsp3) is 1.00. The standard InChI is InChI=1S/C23H48O3/c1-4-5-18-25-20-23(24)21-26-19-16-14-12-10-8-6-7-9-11-13-15-17-22(2)3/h22-24H,4-21H2,1-3H3. The molecule has 0 fully saturated rings. The molecule has 3 heteroatoms. The lowest BCUT2D eigenvalue weighted by atomic mass is 10.0. The summed E-state index contributed by atoms with van der Waals surface area (Å²) in [5.41, 5.74) is 0. The molecule has 0 radical (unpaired) electrons. The van der Waals surface area contributed by atoms with Crippen LogP contribution < -0.4 is 0 Å². The van der Waals surface area contributed by atoms with Gasteiger partial charge in [0.15, 0.2) is 0 Å². The maximum atomic E-state index is 9.71. The van der Waals surface area contributed by atoms with E-state index in [1.807, 2.05) is 0 Å². The van der Waals surface area contributed by atoms with Gasteiger partial charge in [0.25, 0.3) is 0 Å². The highest BCUT2D eigenvalue weighted by atomic mass is 16.5. The van der Waals surface area contributed by atoms with Crippen LogP contribution in [-0.2, 0) is 9.47 Å². The summed E-state index contributed by atoms with van der Waals surface area (Å²) in [7, 11) is 0. The Labute approximate surface area is 164 Å². The van der Waals surface area contributed by atoms with E-state index in [1.165, 1.54) is 70.6 Å². The molecule has 0 saturated heterocycles. The van der Waals surface area contributed by atoms with Crippen molar-refractivity contribution in [2.45, 2.75) is 117 Å². The van der Waals surface area contributed by atoms with Crippen molar-refractivity contribution >= 4 is 0 Å². The summed E-state index contributed by atoms with van der Waals surface area (Å²) < 4.78 is 10.9. The Bertz CT molecular complexity index is 256. The van der Waals surface area contributed by atoms with Crippen LogP contribution in [0.2, 0.25) is 0 Å². The molecule has 0 aliphatic carbocycles. The maximum absolute atomic E-state index is 9.71. The zero-order valence-electron chi connectivity index (χ0n) is 18.1. The van der Waals surface area contributed by atoms with Crippen molar-refractivity contribution < 1.29 is 14.6 Å². The zero-order valence-corrected chi connectivity index (χ0v) is 18.1. The lowest BCUT2D eigenvalue weighted by Crippen LogP contribution is -2.22. The molecular formula is C23H48O3. The highest BCUT2D eigenvalue weighted by Crippen LogP contribution is 2.13. The summed E-state index contributed by atoms with van der Waals surface area (Å²) >= 11 is 0. The van der Waals surface area contributed by atoms with E-state index in [9.17, 15) is 5.11 Å². The molecule has 0 rings (SSSR count). The van der Waals surface area contributed by atoms with Crippen LogP contribution in [0.25, 0.3) is 0 Å². The van der Waals surface area contributed by atoms with Crippen LogP contribution >= 0.6 is 0 Å². The van der Waals surface area contributed by atoms with Gasteiger partial charge in [0.1, 0.15) is 6.10 Å². The lowest BCUT2D eigenvalue weighted by Gasteiger charge is -2.11. The molecule has 0 aromatic rings. The fourth-order valence-electron chi connectivity index (χ4n) is 3.08. The van der Waals surface area contributed by atoms with Crippen molar-refractivity contribution in [2.24, 2.45) is 5.92 Å². The van der Waals surface area contributed by atoms with Crippen LogP contribution in [0.1, 0.15) is 111 Å². The molecule has 0 amide bonds. The monoisotopic (exact) mass is 372 g/mol. The van der Waals surface area contributed by atoms with E-state index < -0.39 is 6.10 Å².